The Labute approximate surface area is 44.9 Å². The highest BCUT2D eigenvalue weighted by atomic mass is 14.7. The molecule has 0 aromatic rings. The van der Waals surface area contributed by atoms with Crippen LogP contribution in [0.25, 0.3) is 0 Å². The van der Waals surface area contributed by atoms with Gasteiger partial charge in [-0.2, -0.15) is 0 Å². The van der Waals surface area contributed by atoms with Crippen LogP contribution in [0.15, 0.2) is 0 Å². The molecule has 7 heavy (non-hydrogen) atoms. The third kappa shape index (κ3) is 0.942. The van der Waals surface area contributed by atoms with Crippen LogP contribution in [0.3, 0.4) is 0 Å². The van der Waals surface area contributed by atoms with Crippen molar-refractivity contribution in [2.45, 2.75) is 26.3 Å². The lowest BCUT2D eigenvalue weighted by molar-refractivity contribution is 0.608. The first-order valence-corrected chi connectivity index (χ1v) is 2.97. The fourth-order valence-corrected chi connectivity index (χ4v) is 1.08. The molecule has 0 aromatic heterocycles. The molecule has 1 nitrogen and oxygen atoms in total. The van der Waals surface area contributed by atoms with Crippen molar-refractivity contribution < 1.29 is 0 Å². The summed E-state index contributed by atoms with van der Waals surface area (Å²) in [4.78, 5) is 0. The van der Waals surface area contributed by atoms with Crippen LogP contribution in [0.1, 0.15) is 20.3 Å². The van der Waals surface area contributed by atoms with Gasteiger partial charge < -0.3 is 5.73 Å². The molecule has 0 bridgehead atoms. The van der Waals surface area contributed by atoms with Gasteiger partial charge in [0.2, 0.25) is 0 Å². The molecule has 1 rings (SSSR count). The summed E-state index contributed by atoms with van der Waals surface area (Å²) in [6.07, 6.45) is 1.36. The third-order valence-electron chi connectivity index (χ3n) is 1.85. The van der Waals surface area contributed by atoms with E-state index >= 15 is 0 Å². The number of nitrogens with two attached hydrogens (primary N) is 1. The maximum Gasteiger partial charge on any atom is 0.00414 e. The fourth-order valence-electron chi connectivity index (χ4n) is 1.08. The number of rotatable bonds is 1. The normalized spacial score (nSPS) is 43.3. The van der Waals surface area contributed by atoms with Crippen LogP contribution in [0.4, 0.5) is 0 Å². The molecule has 0 unspecified atom stereocenters. The van der Waals surface area contributed by atoms with Crippen LogP contribution in [0.5, 0.6) is 0 Å². The van der Waals surface area contributed by atoms with Gasteiger partial charge >= 0.3 is 0 Å². The Morgan fingerprint density at radius 1 is 1.71 bits per heavy atom. The van der Waals surface area contributed by atoms with E-state index in [0.29, 0.717) is 6.04 Å². The minimum Gasteiger partial charge on any atom is -0.328 e. The molecule has 1 heteroatoms. The maximum atomic E-state index is 5.59. The van der Waals surface area contributed by atoms with Crippen LogP contribution in [-0.2, 0) is 0 Å². The average Bonchev–Trinajstić information content (AvgIpc) is 2.17. The van der Waals surface area contributed by atoms with Crippen molar-refractivity contribution in [2.24, 2.45) is 17.6 Å². The van der Waals surface area contributed by atoms with Crippen LogP contribution < -0.4 is 5.73 Å². The van der Waals surface area contributed by atoms with Gasteiger partial charge in [0.15, 0.2) is 0 Å². The largest absolute Gasteiger partial charge is 0.328 e. The molecule has 0 spiro atoms. The highest BCUT2D eigenvalue weighted by Gasteiger charge is 2.34. The smallest absolute Gasteiger partial charge is 0.00414 e. The molecule has 0 saturated heterocycles. The van der Waals surface area contributed by atoms with Crippen LogP contribution in [0.2, 0.25) is 0 Å². The van der Waals surface area contributed by atoms with E-state index in [1.54, 1.807) is 0 Å². The molecule has 1 aliphatic rings. The molecule has 0 amide bonds. The summed E-state index contributed by atoms with van der Waals surface area (Å²) in [6.45, 7) is 4.35. The monoisotopic (exact) mass is 99.1 g/mol. The van der Waals surface area contributed by atoms with Crippen LogP contribution in [0, 0.1) is 11.8 Å². The van der Waals surface area contributed by atoms with Gasteiger partial charge in [-0.05, 0) is 25.2 Å². The summed E-state index contributed by atoms with van der Waals surface area (Å²) < 4.78 is 0. The van der Waals surface area contributed by atoms with E-state index in [2.05, 4.69) is 13.8 Å². The molecule has 0 radical (unpaired) electrons. The Morgan fingerprint density at radius 2 is 2.14 bits per heavy atom. The van der Waals surface area contributed by atoms with Gasteiger partial charge in [-0.15, -0.1) is 0 Å². The molecule has 1 saturated carbocycles. The van der Waals surface area contributed by atoms with Crippen LogP contribution >= 0.6 is 0 Å². The summed E-state index contributed by atoms with van der Waals surface area (Å²) in [7, 11) is 0. The summed E-state index contributed by atoms with van der Waals surface area (Å²) in [5, 5.41) is 0. The molecule has 0 heterocycles. The van der Waals surface area contributed by atoms with E-state index in [1.165, 1.54) is 6.42 Å². The van der Waals surface area contributed by atoms with E-state index in [4.69, 9.17) is 5.73 Å². The summed E-state index contributed by atoms with van der Waals surface area (Å²) in [5.74, 6) is 1.76. The van der Waals surface area contributed by atoms with Gasteiger partial charge in [0.1, 0.15) is 0 Å². The molecular weight excluding hydrogens is 86.1 g/mol. The van der Waals surface area contributed by atoms with Gasteiger partial charge in [0.25, 0.3) is 0 Å². The Kier molecular flexibility index (Phi) is 1.08. The van der Waals surface area contributed by atoms with Gasteiger partial charge in [0.05, 0.1) is 0 Å². The molecule has 2 N–H and O–H groups in total. The first-order valence-electron chi connectivity index (χ1n) is 2.97. The quantitative estimate of drug-likeness (QED) is 0.521. The van der Waals surface area contributed by atoms with Gasteiger partial charge in [-0.1, -0.05) is 6.92 Å². The average molecular weight is 99.2 g/mol. The minimum atomic E-state index is 0.440. The first-order chi connectivity index (χ1) is 3.22. The SMILES string of the molecule is C[C@@H](N)[C@H]1C[C@@H]1C. The lowest BCUT2D eigenvalue weighted by Gasteiger charge is -1.97. The zero-order valence-electron chi connectivity index (χ0n) is 5.02. The second kappa shape index (κ2) is 1.48. The van der Waals surface area contributed by atoms with Crippen molar-refractivity contribution in [3.05, 3.63) is 0 Å². The summed E-state index contributed by atoms with van der Waals surface area (Å²) in [5.41, 5.74) is 5.59. The maximum absolute atomic E-state index is 5.59. The number of hydrogen-bond acceptors (Lipinski definition) is 1. The summed E-state index contributed by atoms with van der Waals surface area (Å²) >= 11 is 0. The lowest BCUT2D eigenvalue weighted by Crippen LogP contribution is -2.17. The molecule has 1 fully saturated rings. The van der Waals surface area contributed by atoms with Crippen molar-refractivity contribution in [1.82, 2.24) is 0 Å². The van der Waals surface area contributed by atoms with Gasteiger partial charge in [-0.25, -0.2) is 0 Å². The van der Waals surface area contributed by atoms with E-state index in [1.807, 2.05) is 0 Å². The second-order valence-electron chi connectivity index (χ2n) is 2.74. The fraction of sp³-hybridized carbons (Fsp3) is 1.00. The topological polar surface area (TPSA) is 26.0 Å². The van der Waals surface area contributed by atoms with Crippen molar-refractivity contribution >= 4 is 0 Å². The van der Waals surface area contributed by atoms with Crippen LogP contribution in [-0.4, -0.2) is 6.04 Å². The molecule has 0 aromatic carbocycles. The minimum absolute atomic E-state index is 0.440. The van der Waals surface area contributed by atoms with Crippen molar-refractivity contribution in [1.29, 1.82) is 0 Å². The zero-order chi connectivity index (χ0) is 5.44. The molecule has 1 aliphatic carbocycles. The van der Waals surface area contributed by atoms with E-state index in [0.717, 1.165) is 11.8 Å². The Bertz CT molecular complexity index is 68.6. The van der Waals surface area contributed by atoms with E-state index < -0.39 is 0 Å². The van der Waals surface area contributed by atoms with E-state index in [9.17, 15) is 0 Å². The molecule has 42 valence electrons. The summed E-state index contributed by atoms with van der Waals surface area (Å²) in [6, 6.07) is 0.440. The standard InChI is InChI=1S/C6H13N/c1-4-3-6(4)5(2)7/h4-6H,3,7H2,1-2H3/t4-,5+,6-/m0/s1. The predicted octanol–water partition coefficient (Wildman–Crippen LogP) is 0.990. The first kappa shape index (κ1) is 5.10. The molecule has 3 atom stereocenters. The van der Waals surface area contributed by atoms with Crippen molar-refractivity contribution in [3.8, 4) is 0 Å². The lowest BCUT2D eigenvalue weighted by atomic mass is 10.2. The van der Waals surface area contributed by atoms with E-state index in [-0.39, 0.29) is 0 Å². The highest BCUT2D eigenvalue weighted by molar-refractivity contribution is 4.87. The Morgan fingerprint density at radius 3 is 2.14 bits per heavy atom. The second-order valence-corrected chi connectivity index (χ2v) is 2.74. The third-order valence-corrected chi connectivity index (χ3v) is 1.85. The van der Waals surface area contributed by atoms with Crippen molar-refractivity contribution in [3.63, 3.8) is 0 Å². The highest BCUT2D eigenvalue weighted by Crippen LogP contribution is 2.39. The molecule has 0 aliphatic heterocycles. The number of hydrogen-bond donors (Lipinski definition) is 1. The van der Waals surface area contributed by atoms with Gasteiger partial charge in [-0.3, -0.25) is 0 Å². The van der Waals surface area contributed by atoms with Gasteiger partial charge in [0, 0.05) is 6.04 Å². The Hall–Kier alpha value is -0.0400. The zero-order valence-corrected chi connectivity index (χ0v) is 5.02. The Balaban J connectivity index is 2.20. The van der Waals surface area contributed by atoms with Crippen molar-refractivity contribution in [2.75, 3.05) is 0 Å². The molecular formula is C6H13N. The predicted molar refractivity (Wildman–Crippen MR) is 30.9 cm³/mol.